The smallest absolute Gasteiger partial charge is 0.260 e. The molecule has 0 fully saturated rings. The number of sulfone groups is 1. The molecule has 1 aromatic carbocycles. The van der Waals surface area contributed by atoms with E-state index in [-0.39, 0.29) is 16.4 Å². The highest BCUT2D eigenvalue weighted by Gasteiger charge is 2.21. The van der Waals surface area contributed by atoms with Gasteiger partial charge in [-0.25, -0.2) is 8.42 Å². The summed E-state index contributed by atoms with van der Waals surface area (Å²) < 4.78 is 29.1. The molecular formula is C15H14BrN3O4S. The van der Waals surface area contributed by atoms with Crippen molar-refractivity contribution in [2.45, 2.75) is 18.9 Å². The average Bonchev–Trinajstić information content (AvgIpc) is 3.03. The Bertz CT molecular complexity index is 1070. The van der Waals surface area contributed by atoms with Gasteiger partial charge < -0.3 is 9.73 Å². The van der Waals surface area contributed by atoms with Gasteiger partial charge in [0.1, 0.15) is 5.76 Å². The Hall–Kier alpha value is -2.13. The van der Waals surface area contributed by atoms with Gasteiger partial charge in [-0.05, 0) is 47.5 Å². The quantitative estimate of drug-likeness (QED) is 0.688. The lowest BCUT2D eigenvalue weighted by Gasteiger charge is -2.02. The fourth-order valence-corrected chi connectivity index (χ4v) is 3.62. The van der Waals surface area contributed by atoms with Crippen LogP contribution in [0.3, 0.4) is 0 Å². The molecule has 0 spiro atoms. The maximum absolute atomic E-state index is 12.5. The predicted molar refractivity (Wildman–Crippen MR) is 93.0 cm³/mol. The van der Waals surface area contributed by atoms with Crippen molar-refractivity contribution in [2.24, 2.45) is 0 Å². The second kappa shape index (κ2) is 5.75. The first-order valence-electron chi connectivity index (χ1n) is 6.93. The molecular weight excluding hydrogens is 398 g/mol. The number of hydrogen-bond donors (Lipinski definition) is 2. The summed E-state index contributed by atoms with van der Waals surface area (Å²) in [6, 6.07) is 5.05. The van der Waals surface area contributed by atoms with E-state index in [4.69, 9.17) is 4.42 Å². The molecule has 2 heterocycles. The first kappa shape index (κ1) is 16.7. The molecule has 7 nitrogen and oxygen atoms in total. The van der Waals surface area contributed by atoms with Gasteiger partial charge >= 0.3 is 0 Å². The summed E-state index contributed by atoms with van der Waals surface area (Å²) >= 11 is 3.44. The van der Waals surface area contributed by atoms with Crippen LogP contribution < -0.4 is 5.32 Å². The topological polar surface area (TPSA) is 105 Å². The van der Waals surface area contributed by atoms with Gasteiger partial charge in [0.15, 0.2) is 5.82 Å². The third kappa shape index (κ3) is 2.96. The van der Waals surface area contributed by atoms with Gasteiger partial charge in [0.2, 0.25) is 14.9 Å². The Kier molecular flexibility index (Phi) is 4.00. The van der Waals surface area contributed by atoms with E-state index in [9.17, 15) is 13.2 Å². The zero-order chi connectivity index (χ0) is 17.6. The summed E-state index contributed by atoms with van der Waals surface area (Å²) in [5, 5.41) is 10.2. The Morgan fingerprint density at radius 3 is 2.62 bits per heavy atom. The molecule has 126 valence electrons. The van der Waals surface area contributed by atoms with Crippen molar-refractivity contribution in [3.63, 3.8) is 0 Å². The van der Waals surface area contributed by atoms with Crippen LogP contribution in [0.15, 0.2) is 32.2 Å². The maximum Gasteiger partial charge on any atom is 0.260 e. The number of aromatic nitrogens is 2. The zero-order valence-corrected chi connectivity index (χ0v) is 15.5. The summed E-state index contributed by atoms with van der Waals surface area (Å²) in [6.45, 7) is 3.47. The predicted octanol–water partition coefficient (Wildman–Crippen LogP) is 3.19. The fourth-order valence-electron chi connectivity index (χ4n) is 2.35. The second-order valence-electron chi connectivity index (χ2n) is 5.50. The maximum atomic E-state index is 12.5. The van der Waals surface area contributed by atoms with Crippen LogP contribution in [0.2, 0.25) is 0 Å². The van der Waals surface area contributed by atoms with E-state index in [2.05, 4.69) is 31.4 Å². The minimum atomic E-state index is -3.52. The summed E-state index contributed by atoms with van der Waals surface area (Å²) in [4.78, 5) is 12.5. The zero-order valence-electron chi connectivity index (χ0n) is 13.1. The number of nitrogens with one attached hydrogen (secondary N) is 2. The molecule has 0 atom stereocenters. The Balaban J connectivity index is 1.98. The average molecular weight is 412 g/mol. The largest absolute Gasteiger partial charge is 0.449 e. The number of amides is 1. The molecule has 0 bridgehead atoms. The molecule has 0 saturated carbocycles. The van der Waals surface area contributed by atoms with Crippen LogP contribution in [-0.4, -0.2) is 30.8 Å². The molecule has 24 heavy (non-hydrogen) atoms. The normalized spacial score (nSPS) is 11.8. The van der Waals surface area contributed by atoms with Gasteiger partial charge in [-0.2, -0.15) is 5.10 Å². The lowest BCUT2D eigenvalue weighted by Crippen LogP contribution is -2.12. The molecule has 2 aromatic heterocycles. The first-order valence-corrected chi connectivity index (χ1v) is 9.61. The number of carbonyl (C=O) groups excluding carboxylic acids is 1. The number of nitrogens with zero attached hydrogens (tertiary/aromatic N) is 1. The number of fused-ring (bicyclic) bond motifs is 1. The standard InChI is InChI=1S/C15H14BrN3O4S/c1-7-4-10-13(11(16)5-7)18-19-14(10)17-15(20)9-6-12(23-8(9)2)24(3,21)22/h4-6H,1-3H3,(H2,17,18,19,20). The molecule has 0 aliphatic carbocycles. The first-order chi connectivity index (χ1) is 11.2. The van der Waals surface area contributed by atoms with Crippen LogP contribution in [0.4, 0.5) is 5.82 Å². The molecule has 0 aliphatic rings. The van der Waals surface area contributed by atoms with Gasteiger partial charge in [0.25, 0.3) is 5.91 Å². The second-order valence-corrected chi connectivity index (χ2v) is 8.30. The summed E-state index contributed by atoms with van der Waals surface area (Å²) in [6.07, 6.45) is 1.02. The van der Waals surface area contributed by atoms with Gasteiger partial charge in [0.05, 0.1) is 11.1 Å². The lowest BCUT2D eigenvalue weighted by atomic mass is 10.1. The van der Waals surface area contributed by atoms with Crippen molar-refractivity contribution in [1.82, 2.24) is 10.2 Å². The van der Waals surface area contributed by atoms with Crippen molar-refractivity contribution >= 4 is 48.4 Å². The fraction of sp³-hybridized carbons (Fsp3) is 0.200. The highest BCUT2D eigenvalue weighted by atomic mass is 79.9. The third-order valence-corrected chi connectivity index (χ3v) is 5.06. The van der Waals surface area contributed by atoms with Gasteiger partial charge in [-0.1, -0.05) is 0 Å². The molecule has 3 rings (SSSR count). The van der Waals surface area contributed by atoms with Crippen LogP contribution >= 0.6 is 15.9 Å². The van der Waals surface area contributed by atoms with E-state index in [0.717, 1.165) is 27.2 Å². The van der Waals surface area contributed by atoms with Gasteiger partial charge in [-0.3, -0.25) is 9.89 Å². The van der Waals surface area contributed by atoms with Gasteiger partial charge in [-0.15, -0.1) is 0 Å². The highest BCUT2D eigenvalue weighted by Crippen LogP contribution is 2.29. The minimum absolute atomic E-state index is 0.151. The van der Waals surface area contributed by atoms with E-state index >= 15 is 0 Å². The van der Waals surface area contributed by atoms with Crippen LogP contribution in [0, 0.1) is 13.8 Å². The monoisotopic (exact) mass is 411 g/mol. The number of carbonyl (C=O) groups is 1. The Morgan fingerprint density at radius 2 is 2.00 bits per heavy atom. The third-order valence-electron chi connectivity index (χ3n) is 3.51. The minimum Gasteiger partial charge on any atom is -0.449 e. The SMILES string of the molecule is Cc1cc(Br)c2[nH]nc(NC(=O)c3cc(S(C)(=O)=O)oc3C)c2c1. The number of anilines is 1. The molecule has 3 aromatic rings. The summed E-state index contributed by atoms with van der Waals surface area (Å²) in [7, 11) is -3.52. The number of H-pyrrole nitrogens is 1. The molecule has 0 unspecified atom stereocenters. The number of aryl methyl sites for hydroxylation is 2. The van der Waals surface area contributed by atoms with Crippen molar-refractivity contribution in [3.8, 4) is 0 Å². The molecule has 0 saturated heterocycles. The van der Waals surface area contributed by atoms with Crippen LogP contribution in [0.5, 0.6) is 0 Å². The van der Waals surface area contributed by atoms with E-state index in [1.807, 2.05) is 19.1 Å². The lowest BCUT2D eigenvalue weighted by molar-refractivity contribution is 0.102. The molecule has 0 aliphatic heterocycles. The van der Waals surface area contributed by atoms with E-state index in [0.29, 0.717) is 5.82 Å². The Morgan fingerprint density at radius 1 is 1.29 bits per heavy atom. The number of aromatic amines is 1. The number of halogens is 1. The molecule has 2 N–H and O–H groups in total. The highest BCUT2D eigenvalue weighted by molar-refractivity contribution is 9.10. The molecule has 9 heteroatoms. The van der Waals surface area contributed by atoms with Crippen molar-refractivity contribution in [2.75, 3.05) is 11.6 Å². The molecule has 1 amide bonds. The van der Waals surface area contributed by atoms with E-state index < -0.39 is 15.7 Å². The number of benzene rings is 1. The Labute approximate surface area is 146 Å². The number of rotatable bonds is 3. The van der Waals surface area contributed by atoms with E-state index in [1.165, 1.54) is 13.0 Å². The van der Waals surface area contributed by atoms with Crippen molar-refractivity contribution in [1.29, 1.82) is 0 Å². The summed E-state index contributed by atoms with van der Waals surface area (Å²) in [5.41, 5.74) is 1.92. The summed E-state index contributed by atoms with van der Waals surface area (Å²) in [5.74, 6) is 0.100. The number of hydrogen-bond acceptors (Lipinski definition) is 5. The van der Waals surface area contributed by atoms with Crippen LogP contribution in [0.1, 0.15) is 21.7 Å². The van der Waals surface area contributed by atoms with E-state index in [1.54, 1.807) is 0 Å². The number of furan rings is 1. The van der Waals surface area contributed by atoms with Crippen molar-refractivity contribution < 1.29 is 17.6 Å². The van der Waals surface area contributed by atoms with Crippen molar-refractivity contribution in [3.05, 3.63) is 39.6 Å². The van der Waals surface area contributed by atoms with Crippen LogP contribution in [0.25, 0.3) is 10.9 Å². The van der Waals surface area contributed by atoms with Gasteiger partial charge in [0, 0.05) is 22.2 Å². The van der Waals surface area contributed by atoms with Crippen LogP contribution in [-0.2, 0) is 9.84 Å². The molecule has 0 radical (unpaired) electrons.